The van der Waals surface area contributed by atoms with Crippen LogP contribution in [0.4, 0.5) is 15.8 Å². The Hall–Kier alpha value is -2.32. The van der Waals surface area contributed by atoms with E-state index in [9.17, 15) is 17.6 Å². The fourth-order valence-corrected chi connectivity index (χ4v) is 3.99. The van der Waals surface area contributed by atoms with Crippen LogP contribution in [0, 0.1) is 5.82 Å². The fourth-order valence-electron chi connectivity index (χ4n) is 2.61. The van der Waals surface area contributed by atoms with Gasteiger partial charge in [-0.15, -0.1) is 0 Å². The topological polar surface area (TPSA) is 75.7 Å². The zero-order valence-electron chi connectivity index (χ0n) is 15.1. The molecule has 0 aliphatic rings. The number of ether oxygens (including phenoxy) is 1. The molecule has 2 aromatic rings. The SMILES string of the molecule is CCC(C(=O)Nc1ccc(F)c(Cl)c1)N(c1cccc(OC)c1)S(C)(=O)=O. The highest BCUT2D eigenvalue weighted by molar-refractivity contribution is 7.92. The lowest BCUT2D eigenvalue weighted by molar-refractivity contribution is -0.117. The summed E-state index contributed by atoms with van der Waals surface area (Å²) in [5.41, 5.74) is 0.569. The Morgan fingerprint density at radius 3 is 2.56 bits per heavy atom. The third kappa shape index (κ3) is 5.11. The van der Waals surface area contributed by atoms with Crippen molar-refractivity contribution in [3.63, 3.8) is 0 Å². The van der Waals surface area contributed by atoms with Gasteiger partial charge in [-0.2, -0.15) is 0 Å². The number of nitrogens with zero attached hydrogens (tertiary/aromatic N) is 1. The van der Waals surface area contributed by atoms with Crippen LogP contribution in [0.25, 0.3) is 0 Å². The van der Waals surface area contributed by atoms with Crippen molar-refractivity contribution >= 4 is 38.9 Å². The van der Waals surface area contributed by atoms with Crippen LogP contribution in [0.3, 0.4) is 0 Å². The number of benzene rings is 2. The molecule has 0 aliphatic carbocycles. The summed E-state index contributed by atoms with van der Waals surface area (Å²) in [6, 6.07) is 9.13. The summed E-state index contributed by atoms with van der Waals surface area (Å²) in [7, 11) is -2.31. The van der Waals surface area contributed by atoms with Crippen LogP contribution in [0.15, 0.2) is 42.5 Å². The Kier molecular flexibility index (Phi) is 6.67. The number of carbonyl (C=O) groups is 1. The number of anilines is 2. The van der Waals surface area contributed by atoms with E-state index < -0.39 is 27.8 Å². The van der Waals surface area contributed by atoms with E-state index in [1.807, 2.05) is 0 Å². The largest absolute Gasteiger partial charge is 0.497 e. The first-order chi connectivity index (χ1) is 12.7. The summed E-state index contributed by atoms with van der Waals surface area (Å²) >= 11 is 5.73. The van der Waals surface area contributed by atoms with E-state index in [1.54, 1.807) is 25.1 Å². The number of hydrogen-bond acceptors (Lipinski definition) is 4. The highest BCUT2D eigenvalue weighted by Crippen LogP contribution is 2.27. The molecule has 0 heterocycles. The summed E-state index contributed by atoms with van der Waals surface area (Å²) < 4.78 is 44.3. The van der Waals surface area contributed by atoms with Gasteiger partial charge in [0, 0.05) is 11.8 Å². The maximum atomic E-state index is 13.3. The minimum Gasteiger partial charge on any atom is -0.497 e. The van der Waals surface area contributed by atoms with Crippen LogP contribution in [-0.4, -0.2) is 33.7 Å². The van der Waals surface area contributed by atoms with E-state index in [1.165, 1.54) is 25.3 Å². The zero-order valence-corrected chi connectivity index (χ0v) is 16.6. The molecule has 1 amide bonds. The van der Waals surface area contributed by atoms with Gasteiger partial charge in [-0.3, -0.25) is 9.10 Å². The van der Waals surface area contributed by atoms with Crippen molar-refractivity contribution in [2.75, 3.05) is 23.0 Å². The molecule has 0 bridgehead atoms. The molecular weight excluding hydrogens is 395 g/mol. The number of carbonyl (C=O) groups excluding carboxylic acids is 1. The van der Waals surface area contributed by atoms with Gasteiger partial charge in [0.1, 0.15) is 17.6 Å². The van der Waals surface area contributed by atoms with Crippen LogP contribution in [0.1, 0.15) is 13.3 Å². The summed E-state index contributed by atoms with van der Waals surface area (Å²) in [6.45, 7) is 1.69. The minimum absolute atomic E-state index is 0.145. The van der Waals surface area contributed by atoms with E-state index in [2.05, 4.69) is 5.32 Å². The Balaban J connectivity index is 2.39. The maximum absolute atomic E-state index is 13.3. The molecule has 0 radical (unpaired) electrons. The first-order valence-electron chi connectivity index (χ1n) is 8.06. The highest BCUT2D eigenvalue weighted by atomic mass is 35.5. The van der Waals surface area contributed by atoms with Crippen molar-refractivity contribution in [3.8, 4) is 5.75 Å². The van der Waals surface area contributed by atoms with Gasteiger partial charge in [0.2, 0.25) is 15.9 Å². The normalized spacial score (nSPS) is 12.3. The summed E-state index contributed by atoms with van der Waals surface area (Å²) in [5, 5.41) is 2.44. The number of nitrogens with one attached hydrogen (secondary N) is 1. The fraction of sp³-hybridized carbons (Fsp3) is 0.278. The van der Waals surface area contributed by atoms with Crippen LogP contribution in [0.5, 0.6) is 5.75 Å². The monoisotopic (exact) mass is 414 g/mol. The zero-order chi connectivity index (χ0) is 20.2. The van der Waals surface area contributed by atoms with Gasteiger partial charge in [0.15, 0.2) is 0 Å². The standard InChI is InChI=1S/C18H20ClFN2O4S/c1-4-17(18(23)21-12-8-9-16(20)15(19)10-12)22(27(3,24)25)13-6-5-7-14(11-13)26-2/h5-11,17H,4H2,1-3H3,(H,21,23). The Bertz CT molecular complexity index is 937. The molecule has 0 saturated heterocycles. The van der Waals surface area contributed by atoms with Gasteiger partial charge in [0.05, 0.1) is 24.1 Å². The molecule has 0 fully saturated rings. The van der Waals surface area contributed by atoms with E-state index in [-0.39, 0.29) is 17.1 Å². The van der Waals surface area contributed by atoms with Crippen molar-refractivity contribution in [3.05, 3.63) is 53.3 Å². The van der Waals surface area contributed by atoms with Crippen molar-refractivity contribution < 1.29 is 22.3 Å². The van der Waals surface area contributed by atoms with E-state index in [0.29, 0.717) is 11.4 Å². The average molecular weight is 415 g/mol. The Morgan fingerprint density at radius 2 is 2.00 bits per heavy atom. The van der Waals surface area contributed by atoms with E-state index >= 15 is 0 Å². The smallest absolute Gasteiger partial charge is 0.248 e. The van der Waals surface area contributed by atoms with Crippen LogP contribution in [0.2, 0.25) is 5.02 Å². The minimum atomic E-state index is -3.78. The second-order valence-electron chi connectivity index (χ2n) is 5.80. The predicted octanol–water partition coefficient (Wildman–Crippen LogP) is 3.67. The molecule has 0 saturated carbocycles. The van der Waals surface area contributed by atoms with Crippen molar-refractivity contribution in [1.29, 1.82) is 0 Å². The van der Waals surface area contributed by atoms with Gasteiger partial charge in [-0.25, -0.2) is 12.8 Å². The number of methoxy groups -OCH3 is 1. The molecule has 0 spiro atoms. The van der Waals surface area contributed by atoms with Crippen LogP contribution in [-0.2, 0) is 14.8 Å². The van der Waals surface area contributed by atoms with Crippen molar-refractivity contribution in [2.24, 2.45) is 0 Å². The Labute approximate surface area is 162 Å². The lowest BCUT2D eigenvalue weighted by Crippen LogP contribution is -2.47. The molecule has 2 rings (SSSR count). The molecule has 1 atom stereocenters. The van der Waals surface area contributed by atoms with Gasteiger partial charge >= 0.3 is 0 Å². The summed E-state index contributed by atoms with van der Waals surface area (Å²) in [5.74, 6) is -0.717. The highest BCUT2D eigenvalue weighted by Gasteiger charge is 2.31. The lowest BCUT2D eigenvalue weighted by atomic mass is 10.1. The van der Waals surface area contributed by atoms with Gasteiger partial charge < -0.3 is 10.1 Å². The predicted molar refractivity (Wildman–Crippen MR) is 104 cm³/mol. The van der Waals surface area contributed by atoms with E-state index in [0.717, 1.165) is 16.6 Å². The van der Waals surface area contributed by atoms with Crippen molar-refractivity contribution in [2.45, 2.75) is 19.4 Å². The maximum Gasteiger partial charge on any atom is 0.248 e. The number of rotatable bonds is 7. The third-order valence-corrected chi connectivity index (χ3v) is 5.29. The third-order valence-electron chi connectivity index (χ3n) is 3.82. The van der Waals surface area contributed by atoms with Crippen molar-refractivity contribution in [1.82, 2.24) is 0 Å². The molecule has 9 heteroatoms. The van der Waals surface area contributed by atoms with Crippen LogP contribution >= 0.6 is 11.6 Å². The molecule has 146 valence electrons. The van der Waals surface area contributed by atoms with Gasteiger partial charge in [0.25, 0.3) is 0 Å². The Morgan fingerprint density at radius 1 is 1.30 bits per heavy atom. The molecule has 1 N–H and O–H groups in total. The van der Waals surface area contributed by atoms with Crippen LogP contribution < -0.4 is 14.4 Å². The molecule has 2 aromatic carbocycles. The summed E-state index contributed by atoms with van der Waals surface area (Å²) in [6.07, 6.45) is 1.24. The van der Waals surface area contributed by atoms with Gasteiger partial charge in [-0.1, -0.05) is 24.6 Å². The number of halogens is 2. The molecular formula is C18H20ClFN2O4S. The number of hydrogen-bond donors (Lipinski definition) is 1. The van der Waals surface area contributed by atoms with E-state index in [4.69, 9.17) is 16.3 Å². The average Bonchev–Trinajstić information content (AvgIpc) is 2.61. The van der Waals surface area contributed by atoms with Gasteiger partial charge in [-0.05, 0) is 36.8 Å². The molecule has 27 heavy (non-hydrogen) atoms. The number of sulfonamides is 1. The first kappa shape index (κ1) is 21.0. The molecule has 6 nitrogen and oxygen atoms in total. The molecule has 0 aliphatic heterocycles. The lowest BCUT2D eigenvalue weighted by Gasteiger charge is -2.30. The first-order valence-corrected chi connectivity index (χ1v) is 10.3. The molecule has 1 unspecified atom stereocenters. The summed E-state index contributed by atoms with van der Waals surface area (Å²) in [4.78, 5) is 12.8. The second-order valence-corrected chi connectivity index (χ2v) is 8.07. The number of amides is 1. The quantitative estimate of drug-likeness (QED) is 0.750. The second kappa shape index (κ2) is 8.58. The molecule has 0 aromatic heterocycles.